The van der Waals surface area contributed by atoms with Gasteiger partial charge in [0.1, 0.15) is 6.07 Å². The normalized spacial score (nSPS) is 10.8. The van der Waals surface area contributed by atoms with Gasteiger partial charge in [-0.1, -0.05) is 19.1 Å². The van der Waals surface area contributed by atoms with Crippen LogP contribution in [0, 0.1) is 16.7 Å². The number of rotatable bonds is 6. The summed E-state index contributed by atoms with van der Waals surface area (Å²) in [6.07, 6.45) is 0.393. The molecule has 0 saturated heterocycles. The Morgan fingerprint density at radius 1 is 1.54 bits per heavy atom. The number of hydrazone groups is 1. The molecule has 0 aliphatic carbocycles. The van der Waals surface area contributed by atoms with Crippen molar-refractivity contribution < 1.29 is 4.79 Å². The van der Waals surface area contributed by atoms with E-state index < -0.39 is 5.84 Å². The predicted molar refractivity (Wildman–Crippen MR) is 95.1 cm³/mol. The molecule has 0 radical (unpaired) electrons. The minimum Gasteiger partial charge on any atom is -0.382 e. The summed E-state index contributed by atoms with van der Waals surface area (Å²) < 4.78 is 0. The van der Waals surface area contributed by atoms with E-state index in [1.54, 1.807) is 31.2 Å². The summed E-state index contributed by atoms with van der Waals surface area (Å²) >= 11 is 1.34. The van der Waals surface area contributed by atoms with E-state index in [0.29, 0.717) is 22.9 Å². The fourth-order valence-corrected chi connectivity index (χ4v) is 2.42. The van der Waals surface area contributed by atoms with Gasteiger partial charge in [-0.05, 0) is 12.1 Å². The van der Waals surface area contributed by atoms with Crippen LogP contribution in [0.5, 0.6) is 0 Å². The van der Waals surface area contributed by atoms with Gasteiger partial charge in [-0.15, -0.1) is 11.3 Å². The highest BCUT2D eigenvalue weighted by atomic mass is 32.1. The molecule has 2 rings (SSSR count). The van der Waals surface area contributed by atoms with Crippen LogP contribution < -0.4 is 16.5 Å². The smallest absolute Gasteiger partial charge is 0.225 e. The molecule has 1 amide bonds. The van der Waals surface area contributed by atoms with Gasteiger partial charge in [-0.25, -0.2) is 4.98 Å². The van der Waals surface area contributed by atoms with Crippen molar-refractivity contribution in [1.29, 1.82) is 10.7 Å². The lowest BCUT2D eigenvalue weighted by molar-refractivity contribution is -0.115. The van der Waals surface area contributed by atoms with Crippen LogP contribution in [0.1, 0.15) is 13.3 Å². The molecule has 1 aromatic carbocycles. The number of aromatic nitrogens is 1. The number of amides is 1. The minimum absolute atomic E-state index is 0.0890. The van der Waals surface area contributed by atoms with Crippen molar-refractivity contribution in [2.75, 3.05) is 10.7 Å². The van der Waals surface area contributed by atoms with Crippen molar-refractivity contribution in [1.82, 2.24) is 4.98 Å². The molecule has 24 heavy (non-hydrogen) atoms. The van der Waals surface area contributed by atoms with Crippen LogP contribution >= 0.6 is 11.3 Å². The molecule has 0 unspecified atom stereocenters. The molecular weight excluding hydrogens is 326 g/mol. The Bertz CT molecular complexity index is 834. The third-order valence-corrected chi connectivity index (χ3v) is 3.65. The third-order valence-electron chi connectivity index (χ3n) is 2.89. The first kappa shape index (κ1) is 17.1. The van der Waals surface area contributed by atoms with E-state index in [-0.39, 0.29) is 11.6 Å². The Balaban J connectivity index is 2.17. The molecule has 8 nitrogen and oxygen atoms in total. The maximum atomic E-state index is 11.4. The highest BCUT2D eigenvalue weighted by Gasteiger charge is 2.07. The highest BCUT2D eigenvalue weighted by Crippen LogP contribution is 2.26. The molecule has 2 aromatic rings. The first-order chi connectivity index (χ1) is 11.5. The van der Waals surface area contributed by atoms with Crippen molar-refractivity contribution in [3.05, 3.63) is 29.6 Å². The number of hydrogen-bond donors (Lipinski definition) is 4. The number of nitriles is 1. The number of carbonyl (C=O) groups excluding carboxylic acids is 1. The summed E-state index contributed by atoms with van der Waals surface area (Å²) in [5.41, 5.74) is 9.88. The topological polar surface area (TPSA) is 140 Å². The monoisotopic (exact) mass is 341 g/mol. The number of nitrogens with two attached hydrogens (primary N) is 1. The summed E-state index contributed by atoms with van der Waals surface area (Å²) in [6.45, 7) is 1.77. The van der Waals surface area contributed by atoms with Crippen molar-refractivity contribution >= 4 is 39.6 Å². The van der Waals surface area contributed by atoms with Gasteiger partial charge in [0, 0.05) is 17.4 Å². The van der Waals surface area contributed by atoms with Gasteiger partial charge in [-0.2, -0.15) is 10.4 Å². The predicted octanol–water partition coefficient (Wildman–Crippen LogP) is 2.39. The van der Waals surface area contributed by atoms with Crippen LogP contribution in [0.15, 0.2) is 34.7 Å². The van der Waals surface area contributed by atoms with E-state index in [2.05, 4.69) is 20.8 Å². The molecule has 122 valence electrons. The van der Waals surface area contributed by atoms with E-state index in [9.17, 15) is 4.79 Å². The van der Waals surface area contributed by atoms with Crippen LogP contribution in [0.3, 0.4) is 0 Å². The van der Waals surface area contributed by atoms with Crippen molar-refractivity contribution in [3.63, 3.8) is 0 Å². The number of thiazole rings is 1. The second-order valence-corrected chi connectivity index (χ2v) is 5.48. The Morgan fingerprint density at radius 2 is 2.33 bits per heavy atom. The van der Waals surface area contributed by atoms with Gasteiger partial charge in [-0.3, -0.25) is 15.6 Å². The second-order valence-electron chi connectivity index (χ2n) is 4.62. The lowest BCUT2D eigenvalue weighted by Crippen LogP contribution is -2.21. The van der Waals surface area contributed by atoms with E-state index in [1.165, 1.54) is 11.3 Å². The largest absolute Gasteiger partial charge is 0.382 e. The molecule has 0 aliphatic rings. The maximum absolute atomic E-state index is 11.4. The van der Waals surface area contributed by atoms with Gasteiger partial charge in [0.15, 0.2) is 11.0 Å². The average Bonchev–Trinajstić information content (AvgIpc) is 3.03. The van der Waals surface area contributed by atoms with Gasteiger partial charge in [0.05, 0.1) is 11.4 Å². The molecule has 0 aliphatic heterocycles. The van der Waals surface area contributed by atoms with Crippen LogP contribution in [0.25, 0.3) is 11.3 Å². The maximum Gasteiger partial charge on any atom is 0.225 e. The van der Waals surface area contributed by atoms with Crippen LogP contribution in [-0.2, 0) is 4.79 Å². The van der Waals surface area contributed by atoms with Gasteiger partial charge >= 0.3 is 0 Å². The molecule has 0 saturated carbocycles. The zero-order valence-corrected chi connectivity index (χ0v) is 13.6. The molecule has 1 heterocycles. The van der Waals surface area contributed by atoms with Crippen molar-refractivity contribution in [2.45, 2.75) is 13.3 Å². The average molecular weight is 341 g/mol. The van der Waals surface area contributed by atoms with E-state index >= 15 is 0 Å². The summed E-state index contributed by atoms with van der Waals surface area (Å²) in [7, 11) is 0. The zero-order chi connectivity index (χ0) is 17.5. The Kier molecular flexibility index (Phi) is 5.59. The second kappa shape index (κ2) is 7.85. The molecule has 9 heteroatoms. The molecule has 5 N–H and O–H groups in total. The van der Waals surface area contributed by atoms with Gasteiger partial charge in [0.2, 0.25) is 11.6 Å². The first-order valence-corrected chi connectivity index (χ1v) is 7.85. The number of nitrogens with zero attached hydrogens (tertiary/aromatic N) is 3. The molecule has 0 fully saturated rings. The van der Waals surface area contributed by atoms with Gasteiger partial charge < -0.3 is 11.1 Å². The number of anilines is 2. The fraction of sp³-hybridized carbons (Fsp3) is 0.133. The first-order valence-electron chi connectivity index (χ1n) is 6.97. The fourth-order valence-electron chi connectivity index (χ4n) is 1.69. The van der Waals surface area contributed by atoms with Crippen LogP contribution in [-0.4, -0.2) is 22.4 Å². The summed E-state index contributed by atoms with van der Waals surface area (Å²) in [5, 5.41) is 24.9. The number of amidine groups is 1. The Hall–Kier alpha value is -3.25. The molecule has 0 atom stereocenters. The molecule has 0 bridgehead atoms. The zero-order valence-electron chi connectivity index (χ0n) is 12.8. The summed E-state index contributed by atoms with van der Waals surface area (Å²) in [5.74, 6) is -0.495. The number of nitrogens with one attached hydrogen (secondary N) is 3. The standard InChI is InChI=1S/C15H15N7OS/c1-2-13(23)20-15-19-12(8-24-15)9-4-3-5-10(6-9)21-22-11(7-16)14(17)18/h3-6,8,21H,2H2,1H3,(H3,17,18)(H,19,20,23)/b22-11+. The van der Waals surface area contributed by atoms with Crippen LogP contribution in [0.4, 0.5) is 10.8 Å². The lowest BCUT2D eigenvalue weighted by Gasteiger charge is -2.03. The molecule has 1 aromatic heterocycles. The van der Waals surface area contributed by atoms with Crippen LogP contribution in [0.2, 0.25) is 0 Å². The SMILES string of the molecule is CCC(=O)Nc1nc(-c2cccc(N/N=C(\C#N)C(=N)N)c2)cs1. The number of carbonyl (C=O) groups is 1. The summed E-state index contributed by atoms with van der Waals surface area (Å²) in [4.78, 5) is 15.8. The quantitative estimate of drug-likeness (QED) is 0.363. The van der Waals surface area contributed by atoms with E-state index in [4.69, 9.17) is 16.4 Å². The van der Waals surface area contributed by atoms with Gasteiger partial charge in [0.25, 0.3) is 0 Å². The molecular formula is C15H15N7OS. The Morgan fingerprint density at radius 3 is 3.00 bits per heavy atom. The third kappa shape index (κ3) is 4.37. The Labute approximate surface area is 142 Å². The lowest BCUT2D eigenvalue weighted by atomic mass is 10.1. The van der Waals surface area contributed by atoms with E-state index in [0.717, 1.165) is 5.56 Å². The van der Waals surface area contributed by atoms with Crippen molar-refractivity contribution in [3.8, 4) is 17.3 Å². The van der Waals surface area contributed by atoms with E-state index in [1.807, 2.05) is 11.4 Å². The minimum atomic E-state index is -0.406. The highest BCUT2D eigenvalue weighted by molar-refractivity contribution is 7.14. The number of hydrogen-bond acceptors (Lipinski definition) is 7. The summed E-state index contributed by atoms with van der Waals surface area (Å²) in [6, 6.07) is 8.95. The van der Waals surface area contributed by atoms with Crippen molar-refractivity contribution in [2.24, 2.45) is 10.8 Å². The number of benzene rings is 1. The molecule has 0 spiro atoms.